The third-order valence-electron chi connectivity index (χ3n) is 1.95. The molecule has 0 aliphatic heterocycles. The minimum Gasteiger partial charge on any atom is -0.231 e. The molecule has 0 N–H and O–H groups in total. The number of aryl methyl sites for hydroxylation is 2. The number of nitrogens with zero attached hydrogens (tertiary/aromatic N) is 4. The lowest BCUT2D eigenvalue weighted by Crippen LogP contribution is -2.11. The Morgan fingerprint density at radius 1 is 1.38 bits per heavy atom. The maximum atomic E-state index is 4.36. The molecule has 2 aromatic heterocycles. The number of rotatable bonds is 1. The van der Waals surface area contributed by atoms with E-state index >= 15 is 0 Å². The number of aromatic nitrogens is 4. The molecule has 2 heterocycles. The molecule has 2 rings (SSSR count). The van der Waals surface area contributed by atoms with Crippen LogP contribution in [0.2, 0.25) is 0 Å². The van der Waals surface area contributed by atoms with Gasteiger partial charge in [-0.3, -0.25) is 0 Å². The summed E-state index contributed by atoms with van der Waals surface area (Å²) in [5.74, 6) is 0.775. The first-order valence-electron chi connectivity index (χ1n) is 4.00. The summed E-state index contributed by atoms with van der Waals surface area (Å²) in [6.45, 7) is 4.00. The molecular formula is C9H9N4+. The number of hydrogen-bond donors (Lipinski definition) is 0. The summed E-state index contributed by atoms with van der Waals surface area (Å²) in [4.78, 5) is 8.09. The van der Waals surface area contributed by atoms with Crippen molar-refractivity contribution in [3.8, 4) is 5.82 Å². The molecular weight excluding hydrogens is 164 g/mol. The highest BCUT2D eigenvalue weighted by Crippen LogP contribution is 2.06. The molecule has 0 unspecified atom stereocenters. The van der Waals surface area contributed by atoms with Gasteiger partial charge in [0.2, 0.25) is 0 Å². The highest BCUT2D eigenvalue weighted by molar-refractivity contribution is 5.27. The van der Waals surface area contributed by atoms with Gasteiger partial charge in [0, 0.05) is 10.7 Å². The van der Waals surface area contributed by atoms with Crippen molar-refractivity contribution in [2.24, 2.45) is 0 Å². The lowest BCUT2D eigenvalue weighted by atomic mass is 10.2. The zero-order valence-electron chi connectivity index (χ0n) is 7.52. The molecule has 0 spiro atoms. The summed E-state index contributed by atoms with van der Waals surface area (Å²) < 4.78 is 1.59. The van der Waals surface area contributed by atoms with Crippen LogP contribution in [0, 0.1) is 20.2 Å². The van der Waals surface area contributed by atoms with Gasteiger partial charge < -0.3 is 0 Å². The second-order valence-corrected chi connectivity index (χ2v) is 2.86. The van der Waals surface area contributed by atoms with Crippen LogP contribution in [-0.2, 0) is 0 Å². The average molecular weight is 173 g/mol. The van der Waals surface area contributed by atoms with Crippen molar-refractivity contribution < 1.29 is 5.10 Å². The first kappa shape index (κ1) is 7.74. The lowest BCUT2D eigenvalue weighted by molar-refractivity contribution is -0.401. The highest BCUT2D eigenvalue weighted by Gasteiger charge is 2.04. The molecule has 0 amide bonds. The van der Waals surface area contributed by atoms with Crippen molar-refractivity contribution in [2.75, 3.05) is 0 Å². The van der Waals surface area contributed by atoms with E-state index in [1.165, 1.54) is 5.56 Å². The normalized spacial score (nSPS) is 9.69. The minimum atomic E-state index is 0.775. The Morgan fingerprint density at radius 3 is 2.85 bits per heavy atom. The Balaban J connectivity index is 2.49. The lowest BCUT2D eigenvalue weighted by Gasteiger charge is -1.98. The standard InChI is InChI=1S/C9H9N4/c1-7-3-4-9(12-8(7)2)13-6-10-5-11-13/h3-4,6H,1-2H3/q+1. The first-order valence-corrected chi connectivity index (χ1v) is 4.00. The molecule has 0 fully saturated rings. The Kier molecular flexibility index (Phi) is 1.71. The monoisotopic (exact) mass is 173 g/mol. The second-order valence-electron chi connectivity index (χ2n) is 2.86. The molecule has 4 heteroatoms. The van der Waals surface area contributed by atoms with E-state index in [1.807, 2.05) is 26.0 Å². The number of pyridine rings is 1. The van der Waals surface area contributed by atoms with Gasteiger partial charge in [0.15, 0.2) is 5.82 Å². The Morgan fingerprint density at radius 2 is 2.23 bits per heavy atom. The van der Waals surface area contributed by atoms with E-state index in [0.29, 0.717) is 0 Å². The van der Waals surface area contributed by atoms with Crippen molar-refractivity contribution in [3.63, 3.8) is 0 Å². The van der Waals surface area contributed by atoms with Crippen LogP contribution in [0.5, 0.6) is 0 Å². The van der Waals surface area contributed by atoms with Gasteiger partial charge >= 0.3 is 6.33 Å². The van der Waals surface area contributed by atoms with E-state index in [4.69, 9.17) is 0 Å². The van der Waals surface area contributed by atoms with Crippen molar-refractivity contribution in [1.29, 1.82) is 0 Å². The fraction of sp³-hybridized carbons (Fsp3) is 0.222. The van der Waals surface area contributed by atoms with Crippen LogP contribution >= 0.6 is 0 Å². The van der Waals surface area contributed by atoms with Gasteiger partial charge in [-0.1, -0.05) is 6.07 Å². The van der Waals surface area contributed by atoms with Gasteiger partial charge in [-0.15, -0.1) is 0 Å². The van der Waals surface area contributed by atoms with Crippen LogP contribution in [0.3, 0.4) is 0 Å². The van der Waals surface area contributed by atoms with Crippen molar-refractivity contribution in [3.05, 3.63) is 36.0 Å². The maximum absolute atomic E-state index is 4.36. The largest absolute Gasteiger partial charge is 0.461 e. The van der Waals surface area contributed by atoms with Crippen LogP contribution in [0.1, 0.15) is 11.3 Å². The van der Waals surface area contributed by atoms with Crippen LogP contribution in [0.15, 0.2) is 18.5 Å². The van der Waals surface area contributed by atoms with Gasteiger partial charge in [-0.05, 0) is 35.3 Å². The second kappa shape index (κ2) is 2.87. The molecule has 13 heavy (non-hydrogen) atoms. The molecule has 0 aliphatic carbocycles. The fourth-order valence-corrected chi connectivity index (χ4v) is 1.04. The third-order valence-corrected chi connectivity index (χ3v) is 1.95. The minimum absolute atomic E-state index is 0.775. The summed E-state index contributed by atoms with van der Waals surface area (Å²) >= 11 is 0. The molecule has 0 radical (unpaired) electrons. The van der Waals surface area contributed by atoms with E-state index in [9.17, 15) is 0 Å². The molecule has 0 atom stereocenters. The Labute approximate surface area is 76.3 Å². The summed E-state index contributed by atoms with van der Waals surface area (Å²) in [6.07, 6.45) is 4.07. The SMILES string of the molecule is Cc1ccc(-n2cnc#[n+]2)nc1C. The molecule has 0 aliphatic rings. The summed E-state index contributed by atoms with van der Waals surface area (Å²) in [6, 6.07) is 3.92. The molecule has 0 saturated carbocycles. The van der Waals surface area contributed by atoms with E-state index in [1.54, 1.807) is 11.0 Å². The van der Waals surface area contributed by atoms with Crippen LogP contribution < -0.4 is 5.10 Å². The summed E-state index contributed by atoms with van der Waals surface area (Å²) in [5.41, 5.74) is 2.18. The maximum Gasteiger partial charge on any atom is 0.461 e. The van der Waals surface area contributed by atoms with Crippen LogP contribution in [0.25, 0.3) is 5.82 Å². The average Bonchev–Trinajstić information content (AvgIpc) is 2.62. The quantitative estimate of drug-likeness (QED) is 0.622. The molecule has 0 bridgehead atoms. The summed E-state index contributed by atoms with van der Waals surface area (Å²) in [7, 11) is 0. The predicted octanol–water partition coefficient (Wildman–Crippen LogP) is 0.284. The molecule has 64 valence electrons. The van der Waals surface area contributed by atoms with Crippen molar-refractivity contribution >= 4 is 0 Å². The molecule has 0 aromatic carbocycles. The molecule has 0 saturated heterocycles. The van der Waals surface area contributed by atoms with E-state index in [2.05, 4.69) is 21.4 Å². The van der Waals surface area contributed by atoms with Gasteiger partial charge in [0.25, 0.3) is 6.33 Å². The first-order chi connectivity index (χ1) is 6.27. The highest BCUT2D eigenvalue weighted by atomic mass is 15.3. The van der Waals surface area contributed by atoms with E-state index in [-0.39, 0.29) is 0 Å². The topological polar surface area (TPSA) is 44.8 Å². The van der Waals surface area contributed by atoms with E-state index in [0.717, 1.165) is 11.5 Å². The van der Waals surface area contributed by atoms with Crippen LogP contribution in [-0.4, -0.2) is 14.6 Å². The third kappa shape index (κ3) is 1.36. The fourth-order valence-electron chi connectivity index (χ4n) is 1.04. The zero-order chi connectivity index (χ0) is 9.26. The van der Waals surface area contributed by atoms with Crippen molar-refractivity contribution in [1.82, 2.24) is 14.6 Å². The number of hydrogen-bond acceptors (Lipinski definition) is 2. The Bertz CT molecular complexity index is 406. The molecule has 4 nitrogen and oxygen atoms in total. The Hall–Kier alpha value is -1.89. The summed E-state index contributed by atoms with van der Waals surface area (Å²) in [5, 5.41) is 3.88. The molecule has 2 aromatic rings. The van der Waals surface area contributed by atoms with Gasteiger partial charge in [-0.2, -0.15) is 0 Å². The van der Waals surface area contributed by atoms with Crippen molar-refractivity contribution in [2.45, 2.75) is 13.8 Å². The van der Waals surface area contributed by atoms with Crippen LogP contribution in [0.4, 0.5) is 0 Å². The van der Waals surface area contributed by atoms with Gasteiger partial charge in [-0.25, -0.2) is 4.98 Å². The zero-order valence-corrected chi connectivity index (χ0v) is 7.52. The van der Waals surface area contributed by atoms with Gasteiger partial charge in [0.1, 0.15) is 0 Å². The predicted molar refractivity (Wildman–Crippen MR) is 45.3 cm³/mol. The smallest absolute Gasteiger partial charge is 0.231 e. The van der Waals surface area contributed by atoms with Gasteiger partial charge in [0.05, 0.1) is 0 Å². The van der Waals surface area contributed by atoms with E-state index < -0.39 is 0 Å².